The third kappa shape index (κ3) is 3.20. The Bertz CT molecular complexity index is 819. The number of esters is 1. The Morgan fingerprint density at radius 1 is 1.08 bits per heavy atom. The maximum atomic E-state index is 12.7. The summed E-state index contributed by atoms with van der Waals surface area (Å²) in [6.07, 6.45) is 2.49. The van der Waals surface area contributed by atoms with E-state index in [1.807, 2.05) is 66.7 Å². The lowest BCUT2D eigenvalue weighted by Crippen LogP contribution is -2.55. The van der Waals surface area contributed by atoms with Crippen molar-refractivity contribution in [2.45, 2.75) is 30.0 Å². The monoisotopic (exact) mass is 351 g/mol. The van der Waals surface area contributed by atoms with Crippen LogP contribution in [0.25, 0.3) is 0 Å². The third-order valence-corrected chi connectivity index (χ3v) is 5.46. The maximum absolute atomic E-state index is 12.7. The lowest BCUT2D eigenvalue weighted by Gasteiger charge is -2.38. The van der Waals surface area contributed by atoms with Gasteiger partial charge in [0, 0.05) is 9.80 Å². The predicted molar refractivity (Wildman–Crippen MR) is 95.7 cm³/mol. The second-order valence-electron chi connectivity index (χ2n) is 6.05. The summed E-state index contributed by atoms with van der Waals surface area (Å²) in [4.78, 5) is 28.2. The number of carbonyl (C=O) groups is 2. The number of rotatable bonds is 5. The van der Waals surface area contributed by atoms with Gasteiger partial charge in [-0.1, -0.05) is 60.3 Å². The summed E-state index contributed by atoms with van der Waals surface area (Å²) in [5.41, 5.74) is 0.932. The molecule has 2 aliphatic rings. The number of nitrogens with zero attached hydrogens (tertiary/aromatic N) is 1. The SMILES string of the molecule is O=C(OCc1ccccc1)[C@H]1C(Sc2ccccc2)=C[C@@H]2CC(=O)N12. The maximum Gasteiger partial charge on any atom is 0.334 e. The molecular formula is C20H17NO3S. The molecular weight excluding hydrogens is 334 g/mol. The van der Waals surface area contributed by atoms with Gasteiger partial charge in [-0.15, -0.1) is 0 Å². The number of amides is 1. The van der Waals surface area contributed by atoms with Gasteiger partial charge in [0.05, 0.1) is 12.5 Å². The van der Waals surface area contributed by atoms with Crippen LogP contribution < -0.4 is 0 Å². The van der Waals surface area contributed by atoms with E-state index in [1.165, 1.54) is 11.8 Å². The molecule has 0 aliphatic carbocycles. The highest BCUT2D eigenvalue weighted by atomic mass is 32.2. The van der Waals surface area contributed by atoms with Crippen LogP contribution >= 0.6 is 11.8 Å². The van der Waals surface area contributed by atoms with E-state index < -0.39 is 6.04 Å². The first kappa shape index (κ1) is 16.0. The average molecular weight is 351 g/mol. The molecule has 2 atom stereocenters. The predicted octanol–water partition coefficient (Wildman–Crippen LogP) is 3.39. The van der Waals surface area contributed by atoms with Crippen LogP contribution in [0.15, 0.2) is 76.5 Å². The van der Waals surface area contributed by atoms with Gasteiger partial charge >= 0.3 is 5.97 Å². The second kappa shape index (κ2) is 6.76. The molecule has 2 aromatic carbocycles. The van der Waals surface area contributed by atoms with Gasteiger partial charge in [-0.3, -0.25) is 4.79 Å². The lowest BCUT2D eigenvalue weighted by atomic mass is 10.0. The molecule has 0 unspecified atom stereocenters. The highest BCUT2D eigenvalue weighted by Gasteiger charge is 2.50. The number of thioether (sulfide) groups is 1. The van der Waals surface area contributed by atoms with Crippen LogP contribution in [0, 0.1) is 0 Å². The zero-order chi connectivity index (χ0) is 17.2. The number of ether oxygens (including phenoxy) is 1. The van der Waals surface area contributed by atoms with Gasteiger partial charge < -0.3 is 9.64 Å². The van der Waals surface area contributed by atoms with Crippen molar-refractivity contribution in [1.82, 2.24) is 4.90 Å². The van der Waals surface area contributed by atoms with E-state index in [0.29, 0.717) is 6.42 Å². The highest BCUT2D eigenvalue weighted by molar-refractivity contribution is 8.03. The topological polar surface area (TPSA) is 46.6 Å². The minimum Gasteiger partial charge on any atom is -0.459 e. The standard InChI is InChI=1S/C20H17NO3S/c22-18-12-15-11-17(25-16-9-5-2-6-10-16)19(21(15)18)20(23)24-13-14-7-3-1-4-8-14/h1-11,15,19H,12-13H2/t15-,19-/m1/s1. The minimum absolute atomic E-state index is 0.00609. The molecule has 2 heterocycles. The van der Waals surface area contributed by atoms with Crippen molar-refractivity contribution in [2.24, 2.45) is 0 Å². The van der Waals surface area contributed by atoms with Gasteiger partial charge in [0.25, 0.3) is 0 Å². The average Bonchev–Trinajstić information content (AvgIpc) is 2.93. The number of hydrogen-bond donors (Lipinski definition) is 0. The summed E-state index contributed by atoms with van der Waals surface area (Å²) >= 11 is 1.53. The number of fused-ring (bicyclic) bond motifs is 1. The van der Waals surface area contributed by atoms with Crippen LogP contribution in [0.4, 0.5) is 0 Å². The highest BCUT2D eigenvalue weighted by Crippen LogP contribution is 2.42. The van der Waals surface area contributed by atoms with E-state index in [2.05, 4.69) is 0 Å². The summed E-state index contributed by atoms with van der Waals surface area (Å²) < 4.78 is 5.49. The van der Waals surface area contributed by atoms with Crippen molar-refractivity contribution in [2.75, 3.05) is 0 Å². The zero-order valence-electron chi connectivity index (χ0n) is 13.5. The molecule has 25 heavy (non-hydrogen) atoms. The second-order valence-corrected chi connectivity index (χ2v) is 7.20. The molecule has 0 spiro atoms. The Balaban J connectivity index is 1.49. The molecule has 126 valence electrons. The van der Waals surface area contributed by atoms with Crippen LogP contribution in [-0.2, 0) is 20.9 Å². The molecule has 2 aliphatic heterocycles. The van der Waals surface area contributed by atoms with Gasteiger partial charge in [-0.05, 0) is 23.8 Å². The molecule has 0 bridgehead atoms. The largest absolute Gasteiger partial charge is 0.459 e. The van der Waals surface area contributed by atoms with E-state index in [0.717, 1.165) is 15.4 Å². The van der Waals surface area contributed by atoms with Gasteiger partial charge in [-0.25, -0.2) is 4.79 Å². The van der Waals surface area contributed by atoms with Gasteiger partial charge in [0.2, 0.25) is 5.91 Å². The van der Waals surface area contributed by atoms with Crippen molar-refractivity contribution in [1.29, 1.82) is 0 Å². The first-order valence-electron chi connectivity index (χ1n) is 8.19. The molecule has 1 amide bonds. The zero-order valence-corrected chi connectivity index (χ0v) is 14.3. The van der Waals surface area contributed by atoms with Gasteiger partial charge in [-0.2, -0.15) is 0 Å². The van der Waals surface area contributed by atoms with Crippen LogP contribution in [0.1, 0.15) is 12.0 Å². The van der Waals surface area contributed by atoms with Gasteiger partial charge in [0.1, 0.15) is 6.61 Å². The number of benzene rings is 2. The van der Waals surface area contributed by atoms with Crippen LogP contribution in [0.3, 0.4) is 0 Å². The van der Waals surface area contributed by atoms with Crippen molar-refractivity contribution >= 4 is 23.6 Å². The van der Waals surface area contributed by atoms with Crippen molar-refractivity contribution in [3.8, 4) is 0 Å². The summed E-state index contributed by atoms with van der Waals surface area (Å²) in [6, 6.07) is 18.8. The van der Waals surface area contributed by atoms with Gasteiger partial charge in [0.15, 0.2) is 6.04 Å². The summed E-state index contributed by atoms with van der Waals surface area (Å²) in [6.45, 7) is 0.214. The first-order valence-corrected chi connectivity index (χ1v) is 9.00. The Labute approximate surface area is 150 Å². The van der Waals surface area contributed by atoms with E-state index in [9.17, 15) is 9.59 Å². The van der Waals surface area contributed by atoms with Crippen LogP contribution in [0.2, 0.25) is 0 Å². The molecule has 5 heteroatoms. The molecule has 0 saturated carbocycles. The summed E-state index contributed by atoms with van der Waals surface area (Å²) in [5, 5.41) is 0. The molecule has 0 N–H and O–H groups in total. The molecule has 0 radical (unpaired) electrons. The van der Waals surface area contributed by atoms with Crippen molar-refractivity contribution in [3.63, 3.8) is 0 Å². The Morgan fingerprint density at radius 2 is 1.76 bits per heavy atom. The quantitative estimate of drug-likeness (QED) is 0.612. The molecule has 1 fully saturated rings. The number of carbonyl (C=O) groups excluding carboxylic acids is 2. The summed E-state index contributed by atoms with van der Waals surface area (Å²) in [7, 11) is 0. The van der Waals surface area contributed by atoms with E-state index in [-0.39, 0.29) is 24.5 Å². The Hall–Kier alpha value is -2.53. The molecule has 0 aromatic heterocycles. The van der Waals surface area contributed by atoms with Crippen molar-refractivity contribution < 1.29 is 14.3 Å². The van der Waals surface area contributed by atoms with E-state index in [1.54, 1.807) is 4.90 Å². The number of hydrogen-bond acceptors (Lipinski definition) is 4. The fourth-order valence-corrected chi connectivity index (χ4v) is 4.21. The molecule has 2 aromatic rings. The van der Waals surface area contributed by atoms with E-state index in [4.69, 9.17) is 4.74 Å². The smallest absolute Gasteiger partial charge is 0.334 e. The number of β-lactam (4-membered cyclic amide) rings is 1. The third-order valence-electron chi connectivity index (χ3n) is 4.36. The fraction of sp³-hybridized carbons (Fsp3) is 0.200. The lowest BCUT2D eigenvalue weighted by molar-refractivity contribution is -0.160. The molecule has 4 nitrogen and oxygen atoms in total. The fourth-order valence-electron chi connectivity index (χ4n) is 3.10. The normalized spacial score (nSPS) is 21.4. The Morgan fingerprint density at radius 3 is 2.44 bits per heavy atom. The van der Waals surface area contributed by atoms with Crippen LogP contribution in [0.5, 0.6) is 0 Å². The minimum atomic E-state index is -0.625. The first-order chi connectivity index (χ1) is 12.2. The Kier molecular flexibility index (Phi) is 4.32. The molecule has 4 rings (SSSR count). The summed E-state index contributed by atoms with van der Waals surface area (Å²) in [5.74, 6) is -0.361. The van der Waals surface area contributed by atoms with E-state index >= 15 is 0 Å². The molecule has 1 saturated heterocycles. The van der Waals surface area contributed by atoms with Crippen LogP contribution in [-0.4, -0.2) is 28.9 Å². The van der Waals surface area contributed by atoms with Crippen molar-refractivity contribution in [3.05, 3.63) is 77.2 Å².